The van der Waals surface area contributed by atoms with Crippen molar-refractivity contribution in [3.8, 4) is 0 Å². The molecule has 0 spiro atoms. The van der Waals surface area contributed by atoms with Crippen LogP contribution in [0.5, 0.6) is 0 Å². The fourth-order valence-corrected chi connectivity index (χ4v) is 3.75. The lowest BCUT2D eigenvalue weighted by Crippen LogP contribution is -2.23. The van der Waals surface area contributed by atoms with E-state index in [0.717, 1.165) is 11.1 Å². The van der Waals surface area contributed by atoms with Crippen LogP contribution in [0.15, 0.2) is 60.7 Å². The fraction of sp³-hybridized carbons (Fsp3) is 0.143. The van der Waals surface area contributed by atoms with Crippen molar-refractivity contribution in [1.29, 1.82) is 0 Å². The van der Waals surface area contributed by atoms with Gasteiger partial charge in [0.15, 0.2) is 0 Å². The van der Waals surface area contributed by atoms with Crippen molar-refractivity contribution in [2.24, 2.45) is 0 Å². The molecule has 0 fully saturated rings. The molecule has 0 saturated carbocycles. The van der Waals surface area contributed by atoms with Crippen molar-refractivity contribution in [2.75, 3.05) is 0 Å². The van der Waals surface area contributed by atoms with Crippen LogP contribution in [-0.4, -0.2) is 6.25 Å². The van der Waals surface area contributed by atoms with E-state index in [-0.39, 0.29) is 0 Å². The number of rotatable bonds is 5. The second-order valence-electron chi connectivity index (χ2n) is 4.21. The van der Waals surface area contributed by atoms with Crippen molar-refractivity contribution in [1.82, 2.24) is 0 Å². The molecule has 0 radical (unpaired) electrons. The average molecular weight is 366 g/mol. The second-order valence-corrected chi connectivity index (χ2v) is 12.3. The highest BCUT2D eigenvalue weighted by Crippen LogP contribution is 2.41. The highest BCUT2D eigenvalue weighted by atomic mass is 35.8. The van der Waals surface area contributed by atoms with Crippen LogP contribution in [0.2, 0.25) is 0 Å². The Morgan fingerprint density at radius 3 is 1.65 bits per heavy atom. The van der Waals surface area contributed by atoms with Crippen LogP contribution >= 0.6 is 44.8 Å². The van der Waals surface area contributed by atoms with Gasteiger partial charge in [-0.15, -0.1) is 11.6 Å². The summed E-state index contributed by atoms with van der Waals surface area (Å²) in [4.78, 5) is 0. The van der Waals surface area contributed by atoms with Crippen LogP contribution in [0, 0.1) is 0 Å². The average Bonchev–Trinajstić information content (AvgIpc) is 2.45. The maximum absolute atomic E-state index is 6.53. The first kappa shape index (κ1) is 16.2. The lowest BCUT2D eigenvalue weighted by Gasteiger charge is -2.26. The molecule has 6 heteroatoms. The van der Waals surface area contributed by atoms with Gasteiger partial charge in [-0.2, -0.15) is 0 Å². The van der Waals surface area contributed by atoms with Gasteiger partial charge in [0.05, 0.1) is 11.5 Å². The Balaban J connectivity index is 2.32. The predicted octanol–water partition coefficient (Wildman–Crippen LogP) is 5.88. The van der Waals surface area contributed by atoms with Gasteiger partial charge in [0.1, 0.15) is 0 Å². The standard InChI is InChI=1S/C14H12Cl4OSi/c15-13(11-7-3-1-4-8-11)14(19-20(16,17)18)12-9-5-2-6-10-12/h1-10,13-14H/t13-,14-/m0/s1. The lowest BCUT2D eigenvalue weighted by atomic mass is 10.0. The molecule has 2 rings (SSSR count). The van der Waals surface area contributed by atoms with Crippen LogP contribution in [0.3, 0.4) is 0 Å². The third kappa shape index (κ3) is 4.66. The van der Waals surface area contributed by atoms with Gasteiger partial charge in [0.25, 0.3) is 0 Å². The van der Waals surface area contributed by atoms with Crippen molar-refractivity contribution in [3.05, 3.63) is 71.8 Å². The second kappa shape index (κ2) is 7.17. The highest BCUT2D eigenvalue weighted by Gasteiger charge is 2.36. The van der Waals surface area contributed by atoms with Crippen molar-refractivity contribution >= 4 is 51.1 Å². The van der Waals surface area contributed by atoms with E-state index in [2.05, 4.69) is 0 Å². The molecule has 0 heterocycles. The summed E-state index contributed by atoms with van der Waals surface area (Å²) >= 11 is 24.2. The van der Waals surface area contributed by atoms with E-state index in [4.69, 9.17) is 49.3 Å². The molecule has 0 amide bonds. The SMILES string of the molecule is Cl[C@@H](c1ccccc1)[C@@H](O[Si](Cl)(Cl)Cl)c1ccccc1. The largest absolute Gasteiger partial charge is 0.494 e. The molecule has 2 aromatic carbocycles. The minimum absolute atomic E-state index is 0.429. The summed E-state index contributed by atoms with van der Waals surface area (Å²) in [6.45, 7) is 0. The molecule has 2 aromatic rings. The van der Waals surface area contributed by atoms with Gasteiger partial charge in [0.2, 0.25) is 0 Å². The maximum Gasteiger partial charge on any atom is 0.494 e. The number of hydrogen-bond donors (Lipinski definition) is 0. The summed E-state index contributed by atoms with van der Waals surface area (Å²) in [5, 5.41) is -0.429. The van der Waals surface area contributed by atoms with E-state index < -0.39 is 17.7 Å². The first-order chi connectivity index (χ1) is 9.47. The minimum Gasteiger partial charge on any atom is -0.372 e. The summed E-state index contributed by atoms with van der Waals surface area (Å²) in [5.74, 6) is 0. The Morgan fingerprint density at radius 1 is 0.750 bits per heavy atom. The molecule has 106 valence electrons. The summed E-state index contributed by atoms with van der Waals surface area (Å²) < 4.78 is 5.64. The van der Waals surface area contributed by atoms with E-state index in [1.807, 2.05) is 60.7 Å². The molecule has 0 aromatic heterocycles. The van der Waals surface area contributed by atoms with Gasteiger partial charge < -0.3 is 4.43 Å². The first-order valence-corrected chi connectivity index (χ1v) is 11.3. The fourth-order valence-electron chi connectivity index (χ4n) is 1.90. The van der Waals surface area contributed by atoms with Gasteiger partial charge in [-0.25, -0.2) is 0 Å². The summed E-state index contributed by atoms with van der Waals surface area (Å²) in [7, 11) is 0. The molecule has 0 aliphatic heterocycles. The molecular weight excluding hydrogens is 354 g/mol. The van der Waals surface area contributed by atoms with Gasteiger partial charge in [-0.05, 0) is 11.1 Å². The molecule has 2 atom stereocenters. The molecule has 0 aliphatic rings. The zero-order valence-corrected chi connectivity index (χ0v) is 14.4. The Bertz CT molecular complexity index is 530. The lowest BCUT2D eigenvalue weighted by molar-refractivity contribution is 0.210. The smallest absolute Gasteiger partial charge is 0.372 e. The molecule has 0 N–H and O–H groups in total. The predicted molar refractivity (Wildman–Crippen MR) is 88.6 cm³/mol. The van der Waals surface area contributed by atoms with Crippen molar-refractivity contribution < 1.29 is 4.43 Å². The number of hydrogen-bond acceptors (Lipinski definition) is 1. The molecule has 0 aliphatic carbocycles. The van der Waals surface area contributed by atoms with Crippen LogP contribution in [0.4, 0.5) is 0 Å². The molecule has 0 bridgehead atoms. The minimum atomic E-state index is -3.27. The number of benzene rings is 2. The van der Waals surface area contributed by atoms with E-state index in [0.29, 0.717) is 0 Å². The molecule has 1 nitrogen and oxygen atoms in total. The quantitative estimate of drug-likeness (QED) is 0.365. The van der Waals surface area contributed by atoms with Crippen LogP contribution in [-0.2, 0) is 4.43 Å². The van der Waals surface area contributed by atoms with E-state index in [1.54, 1.807) is 0 Å². The van der Waals surface area contributed by atoms with Gasteiger partial charge in [-0.1, -0.05) is 93.9 Å². The van der Waals surface area contributed by atoms with Crippen molar-refractivity contribution in [3.63, 3.8) is 0 Å². The third-order valence-electron chi connectivity index (χ3n) is 2.77. The maximum atomic E-state index is 6.53. The van der Waals surface area contributed by atoms with Crippen LogP contribution < -0.4 is 0 Å². The third-order valence-corrected chi connectivity index (χ3v) is 4.58. The molecule has 0 saturated heterocycles. The number of alkyl halides is 1. The molecular formula is C14H12Cl4OSi. The molecule has 0 unspecified atom stereocenters. The summed E-state index contributed by atoms with van der Waals surface area (Å²) in [5.41, 5.74) is 1.81. The summed E-state index contributed by atoms with van der Waals surface area (Å²) in [6.07, 6.45) is -3.77. The van der Waals surface area contributed by atoms with Crippen LogP contribution in [0.1, 0.15) is 22.6 Å². The first-order valence-electron chi connectivity index (χ1n) is 5.96. The topological polar surface area (TPSA) is 9.23 Å². The Hall–Kier alpha value is -0.223. The van der Waals surface area contributed by atoms with E-state index in [1.165, 1.54) is 0 Å². The summed E-state index contributed by atoms with van der Waals surface area (Å²) in [6, 6.07) is 19.2. The molecule has 20 heavy (non-hydrogen) atoms. The van der Waals surface area contributed by atoms with Gasteiger partial charge in [-0.3, -0.25) is 0 Å². The van der Waals surface area contributed by atoms with Crippen molar-refractivity contribution in [2.45, 2.75) is 11.5 Å². The van der Waals surface area contributed by atoms with Gasteiger partial charge in [0, 0.05) is 0 Å². The number of halogens is 4. The zero-order valence-electron chi connectivity index (χ0n) is 10.3. The monoisotopic (exact) mass is 364 g/mol. The Labute approximate surface area is 138 Å². The normalized spacial score (nSPS) is 14.8. The Morgan fingerprint density at radius 2 is 1.20 bits per heavy atom. The highest BCUT2D eigenvalue weighted by molar-refractivity contribution is 7.62. The Kier molecular flexibility index (Phi) is 5.79. The zero-order chi connectivity index (χ0) is 14.6. The van der Waals surface area contributed by atoms with Crippen LogP contribution in [0.25, 0.3) is 0 Å². The van der Waals surface area contributed by atoms with Gasteiger partial charge >= 0.3 is 6.25 Å². The van der Waals surface area contributed by atoms with E-state index >= 15 is 0 Å². The van der Waals surface area contributed by atoms with E-state index in [9.17, 15) is 0 Å².